The molecule has 1 aromatic carbocycles. The first-order valence-corrected chi connectivity index (χ1v) is 8.34. The molecule has 0 spiro atoms. The lowest BCUT2D eigenvalue weighted by Gasteiger charge is -2.14. The Balaban J connectivity index is 3.24. The van der Waals surface area contributed by atoms with Crippen molar-refractivity contribution < 1.29 is 14.3 Å². The van der Waals surface area contributed by atoms with Crippen LogP contribution in [-0.2, 0) is 4.79 Å². The zero-order valence-corrected chi connectivity index (χ0v) is 15.6. The summed E-state index contributed by atoms with van der Waals surface area (Å²) >= 11 is 3.44. The minimum absolute atomic E-state index is 0.0257. The monoisotopic (exact) mass is 392 g/mol. The minimum atomic E-state index is -0.409. The SMILES string of the molecule is C=CCOc1c(Br)cc(/C=C(\C#N)C(=O)NC(C)C)cc1OCC. The lowest BCUT2D eigenvalue weighted by molar-refractivity contribution is -0.117. The Labute approximate surface area is 151 Å². The van der Waals surface area contributed by atoms with Crippen molar-refractivity contribution in [2.45, 2.75) is 26.8 Å². The fourth-order valence-corrected chi connectivity index (χ4v) is 2.45. The van der Waals surface area contributed by atoms with Gasteiger partial charge in [-0.1, -0.05) is 12.7 Å². The summed E-state index contributed by atoms with van der Waals surface area (Å²) in [5.41, 5.74) is 0.685. The highest BCUT2D eigenvalue weighted by molar-refractivity contribution is 9.10. The van der Waals surface area contributed by atoms with Gasteiger partial charge in [-0.05, 0) is 60.5 Å². The summed E-state index contributed by atoms with van der Waals surface area (Å²) in [6.07, 6.45) is 3.16. The first-order valence-electron chi connectivity index (χ1n) is 7.55. The number of nitriles is 1. The van der Waals surface area contributed by atoms with Crippen molar-refractivity contribution in [2.24, 2.45) is 0 Å². The minimum Gasteiger partial charge on any atom is -0.490 e. The number of carbonyl (C=O) groups excluding carboxylic acids is 1. The Morgan fingerprint density at radius 3 is 2.71 bits per heavy atom. The van der Waals surface area contributed by atoms with Crippen LogP contribution in [0.25, 0.3) is 6.08 Å². The number of carbonyl (C=O) groups is 1. The van der Waals surface area contributed by atoms with Gasteiger partial charge in [-0.2, -0.15) is 5.26 Å². The molecule has 0 bridgehead atoms. The van der Waals surface area contributed by atoms with Crippen molar-refractivity contribution in [1.29, 1.82) is 5.26 Å². The van der Waals surface area contributed by atoms with Crippen molar-refractivity contribution >= 4 is 27.9 Å². The Morgan fingerprint density at radius 2 is 2.17 bits per heavy atom. The molecule has 0 aromatic heterocycles. The average molecular weight is 393 g/mol. The normalized spacial score (nSPS) is 10.9. The summed E-state index contributed by atoms with van der Waals surface area (Å²) < 4.78 is 11.9. The van der Waals surface area contributed by atoms with E-state index in [1.807, 2.05) is 26.8 Å². The van der Waals surface area contributed by atoms with E-state index in [9.17, 15) is 10.1 Å². The summed E-state index contributed by atoms with van der Waals surface area (Å²) in [4.78, 5) is 12.0. The highest BCUT2D eigenvalue weighted by atomic mass is 79.9. The first kappa shape index (κ1) is 19.8. The van der Waals surface area contributed by atoms with Crippen LogP contribution in [0, 0.1) is 11.3 Å². The number of ether oxygens (including phenoxy) is 2. The van der Waals surface area contributed by atoms with E-state index in [0.29, 0.717) is 34.7 Å². The van der Waals surface area contributed by atoms with Gasteiger partial charge in [0.2, 0.25) is 0 Å². The second-order valence-electron chi connectivity index (χ2n) is 5.16. The molecule has 0 unspecified atom stereocenters. The standard InChI is InChI=1S/C18H21BrN2O3/c1-5-7-24-17-15(19)9-13(10-16(17)23-6-2)8-14(11-20)18(22)21-12(3)4/h5,8-10,12H,1,6-7H2,2-4H3,(H,21,22)/b14-8+. The van der Waals surface area contributed by atoms with E-state index >= 15 is 0 Å². The molecule has 0 aliphatic heterocycles. The van der Waals surface area contributed by atoms with Gasteiger partial charge in [0.15, 0.2) is 11.5 Å². The van der Waals surface area contributed by atoms with Crippen LogP contribution in [0.3, 0.4) is 0 Å². The maximum atomic E-state index is 12.0. The summed E-state index contributed by atoms with van der Waals surface area (Å²) in [5.74, 6) is 0.675. The molecule has 0 saturated heterocycles. The van der Waals surface area contributed by atoms with Crippen LogP contribution < -0.4 is 14.8 Å². The summed E-state index contributed by atoms with van der Waals surface area (Å²) in [5, 5.41) is 11.9. The highest BCUT2D eigenvalue weighted by Crippen LogP contribution is 2.37. The van der Waals surface area contributed by atoms with Crippen LogP contribution >= 0.6 is 15.9 Å². The van der Waals surface area contributed by atoms with Gasteiger partial charge >= 0.3 is 0 Å². The molecule has 0 fully saturated rings. The Kier molecular flexibility index (Phi) is 8.07. The van der Waals surface area contributed by atoms with E-state index < -0.39 is 5.91 Å². The molecule has 6 heteroatoms. The number of hydrogen-bond donors (Lipinski definition) is 1. The van der Waals surface area contributed by atoms with Crippen LogP contribution in [0.1, 0.15) is 26.3 Å². The molecular formula is C18H21BrN2O3. The van der Waals surface area contributed by atoms with Crippen molar-refractivity contribution in [3.8, 4) is 17.6 Å². The van der Waals surface area contributed by atoms with Crippen molar-refractivity contribution in [3.63, 3.8) is 0 Å². The largest absolute Gasteiger partial charge is 0.490 e. The predicted octanol–water partition coefficient (Wildman–Crippen LogP) is 3.84. The molecule has 0 aliphatic rings. The lowest BCUT2D eigenvalue weighted by Crippen LogP contribution is -2.30. The third-order valence-corrected chi connectivity index (χ3v) is 3.36. The molecule has 0 aliphatic carbocycles. The number of nitrogens with one attached hydrogen (secondary N) is 1. The van der Waals surface area contributed by atoms with E-state index in [-0.39, 0.29) is 11.6 Å². The molecule has 0 heterocycles. The van der Waals surface area contributed by atoms with Crippen LogP contribution in [0.5, 0.6) is 11.5 Å². The summed E-state index contributed by atoms with van der Waals surface area (Å²) in [6, 6.07) is 5.37. The summed E-state index contributed by atoms with van der Waals surface area (Å²) in [7, 11) is 0. The molecule has 1 rings (SSSR count). The van der Waals surface area contributed by atoms with E-state index in [2.05, 4.69) is 27.8 Å². The van der Waals surface area contributed by atoms with Gasteiger partial charge in [0.05, 0.1) is 11.1 Å². The zero-order chi connectivity index (χ0) is 18.1. The highest BCUT2D eigenvalue weighted by Gasteiger charge is 2.14. The fourth-order valence-electron chi connectivity index (χ4n) is 1.87. The number of hydrogen-bond acceptors (Lipinski definition) is 4. The van der Waals surface area contributed by atoms with E-state index in [0.717, 1.165) is 0 Å². The van der Waals surface area contributed by atoms with Crippen molar-refractivity contribution in [2.75, 3.05) is 13.2 Å². The van der Waals surface area contributed by atoms with Gasteiger partial charge in [-0.25, -0.2) is 0 Å². The van der Waals surface area contributed by atoms with Crippen molar-refractivity contribution in [1.82, 2.24) is 5.32 Å². The van der Waals surface area contributed by atoms with Crippen LogP contribution in [-0.4, -0.2) is 25.2 Å². The zero-order valence-electron chi connectivity index (χ0n) is 14.1. The van der Waals surface area contributed by atoms with Crippen LogP contribution in [0.2, 0.25) is 0 Å². The molecular weight excluding hydrogens is 372 g/mol. The quantitative estimate of drug-likeness (QED) is 0.414. The Morgan fingerprint density at radius 1 is 1.46 bits per heavy atom. The third-order valence-electron chi connectivity index (χ3n) is 2.77. The number of halogens is 1. The van der Waals surface area contributed by atoms with E-state index in [1.165, 1.54) is 6.08 Å². The number of benzene rings is 1. The maximum Gasteiger partial charge on any atom is 0.262 e. The smallest absolute Gasteiger partial charge is 0.262 e. The predicted molar refractivity (Wildman–Crippen MR) is 97.9 cm³/mol. The molecule has 1 aromatic rings. The van der Waals surface area contributed by atoms with Crippen LogP contribution in [0.4, 0.5) is 0 Å². The summed E-state index contributed by atoms with van der Waals surface area (Å²) in [6.45, 7) is 9.96. The van der Waals surface area contributed by atoms with Gasteiger partial charge in [-0.15, -0.1) is 0 Å². The molecule has 0 radical (unpaired) electrons. The molecule has 128 valence electrons. The lowest BCUT2D eigenvalue weighted by atomic mass is 10.1. The van der Waals surface area contributed by atoms with Crippen LogP contribution in [0.15, 0.2) is 34.8 Å². The molecule has 0 saturated carbocycles. The van der Waals surface area contributed by atoms with E-state index in [4.69, 9.17) is 9.47 Å². The number of nitrogens with zero attached hydrogens (tertiary/aromatic N) is 1. The third kappa shape index (κ3) is 5.74. The van der Waals surface area contributed by atoms with Gasteiger partial charge in [-0.3, -0.25) is 4.79 Å². The molecule has 1 N–H and O–H groups in total. The van der Waals surface area contributed by atoms with Gasteiger partial charge in [0.25, 0.3) is 5.91 Å². The second kappa shape index (κ2) is 9.78. The number of rotatable bonds is 8. The molecule has 0 atom stereocenters. The molecule has 5 nitrogen and oxygen atoms in total. The Bertz CT molecular complexity index is 676. The molecule has 24 heavy (non-hydrogen) atoms. The first-order chi connectivity index (χ1) is 11.4. The molecule has 1 amide bonds. The second-order valence-corrected chi connectivity index (χ2v) is 6.01. The van der Waals surface area contributed by atoms with Crippen molar-refractivity contribution in [3.05, 3.63) is 40.4 Å². The Hall–Kier alpha value is -2.26. The van der Waals surface area contributed by atoms with Gasteiger partial charge in [0.1, 0.15) is 18.2 Å². The van der Waals surface area contributed by atoms with E-state index in [1.54, 1.807) is 18.2 Å². The average Bonchev–Trinajstić information content (AvgIpc) is 2.51. The topological polar surface area (TPSA) is 71.3 Å². The number of amides is 1. The van der Waals surface area contributed by atoms with Gasteiger partial charge < -0.3 is 14.8 Å². The fraction of sp³-hybridized carbons (Fsp3) is 0.333. The maximum absolute atomic E-state index is 12.0. The van der Waals surface area contributed by atoms with Gasteiger partial charge in [0, 0.05) is 6.04 Å².